The Labute approximate surface area is 136 Å². The zero-order chi connectivity index (χ0) is 16.4. The summed E-state index contributed by atoms with van der Waals surface area (Å²) in [6, 6.07) is 1.85. The van der Waals surface area contributed by atoms with Crippen molar-refractivity contribution in [3.05, 3.63) is 33.6 Å². The topological polar surface area (TPSA) is 75.6 Å². The third-order valence-electron chi connectivity index (χ3n) is 3.45. The summed E-state index contributed by atoms with van der Waals surface area (Å²) in [6.07, 6.45) is -1.21. The number of hydrogen-bond acceptors (Lipinski definition) is 3. The maximum Gasteiger partial charge on any atom is 0.332 e. The van der Waals surface area contributed by atoms with Crippen molar-refractivity contribution in [2.45, 2.75) is 38.0 Å². The van der Waals surface area contributed by atoms with Gasteiger partial charge in [-0.2, -0.15) is 0 Å². The second-order valence-corrected chi connectivity index (χ2v) is 5.86. The van der Waals surface area contributed by atoms with Crippen molar-refractivity contribution in [2.75, 3.05) is 0 Å². The van der Waals surface area contributed by atoms with E-state index in [1.165, 1.54) is 6.07 Å². The van der Waals surface area contributed by atoms with Crippen LogP contribution in [-0.2, 0) is 14.3 Å². The fraction of sp³-hybridized carbons (Fsp3) is 0.429. The van der Waals surface area contributed by atoms with Crippen molar-refractivity contribution in [1.29, 1.82) is 0 Å². The maximum atomic E-state index is 13.5. The first-order valence-electron chi connectivity index (χ1n) is 6.62. The lowest BCUT2D eigenvalue weighted by molar-refractivity contribution is -0.151. The van der Waals surface area contributed by atoms with E-state index in [0.717, 1.165) is 6.07 Å². The van der Waals surface area contributed by atoms with E-state index >= 15 is 0 Å². The van der Waals surface area contributed by atoms with Crippen LogP contribution in [0.15, 0.2) is 12.1 Å². The third kappa shape index (κ3) is 3.69. The lowest BCUT2D eigenvalue weighted by Crippen LogP contribution is -2.37. The monoisotopic (exact) mass is 349 g/mol. The second kappa shape index (κ2) is 6.81. The number of halogens is 3. The first-order chi connectivity index (χ1) is 10.3. The standard InChI is InChI=1S/C14H14Cl2FNO4/c1-6(7-4-10(17)9(16)5-8(7)15)18-13(19)11-2-3-12(22-11)14(20)21/h4-6,11-12H,2-3H2,1H3,(H,18,19)(H,20,21)/t6?,11-,12+/m0/s1. The minimum absolute atomic E-state index is 0.101. The van der Waals surface area contributed by atoms with Crippen molar-refractivity contribution in [2.24, 2.45) is 0 Å². The molecule has 1 aliphatic heterocycles. The summed E-state index contributed by atoms with van der Waals surface area (Å²) in [5.41, 5.74) is 0.379. The molecule has 0 bridgehead atoms. The summed E-state index contributed by atoms with van der Waals surface area (Å²) >= 11 is 11.6. The fourth-order valence-electron chi connectivity index (χ4n) is 2.27. The Morgan fingerprint density at radius 2 is 1.95 bits per heavy atom. The Kier molecular flexibility index (Phi) is 5.26. The van der Waals surface area contributed by atoms with Gasteiger partial charge in [0.05, 0.1) is 11.1 Å². The first kappa shape index (κ1) is 17.0. The van der Waals surface area contributed by atoms with Crippen LogP contribution in [0, 0.1) is 5.82 Å². The molecule has 1 aliphatic rings. The highest BCUT2D eigenvalue weighted by Gasteiger charge is 2.35. The summed E-state index contributed by atoms with van der Waals surface area (Å²) in [7, 11) is 0. The van der Waals surface area contributed by atoms with E-state index in [9.17, 15) is 14.0 Å². The van der Waals surface area contributed by atoms with E-state index in [0.29, 0.717) is 12.0 Å². The molecule has 1 fully saturated rings. The highest BCUT2D eigenvalue weighted by atomic mass is 35.5. The first-order valence-corrected chi connectivity index (χ1v) is 7.38. The Bertz CT molecular complexity index is 611. The normalized spacial score (nSPS) is 22.4. The van der Waals surface area contributed by atoms with Gasteiger partial charge in [0.2, 0.25) is 5.91 Å². The van der Waals surface area contributed by atoms with Gasteiger partial charge >= 0.3 is 5.97 Å². The summed E-state index contributed by atoms with van der Waals surface area (Å²) in [5, 5.41) is 11.6. The van der Waals surface area contributed by atoms with Gasteiger partial charge in [-0.05, 0) is 37.5 Å². The number of carbonyl (C=O) groups is 2. The van der Waals surface area contributed by atoms with Crippen molar-refractivity contribution in [1.82, 2.24) is 5.32 Å². The van der Waals surface area contributed by atoms with Crippen molar-refractivity contribution in [3.63, 3.8) is 0 Å². The molecule has 0 aromatic heterocycles. The summed E-state index contributed by atoms with van der Waals surface area (Å²) in [6.45, 7) is 1.64. The van der Waals surface area contributed by atoms with Crippen LogP contribution in [0.2, 0.25) is 10.0 Å². The number of aliphatic carboxylic acids is 1. The van der Waals surface area contributed by atoms with Crippen LogP contribution in [-0.4, -0.2) is 29.2 Å². The SMILES string of the molecule is CC(NC(=O)[C@@H]1CC[C@H](C(=O)O)O1)c1cc(F)c(Cl)cc1Cl. The van der Waals surface area contributed by atoms with Gasteiger partial charge in [0, 0.05) is 5.02 Å². The third-order valence-corrected chi connectivity index (χ3v) is 4.07. The molecule has 3 atom stereocenters. The summed E-state index contributed by atoms with van der Waals surface area (Å²) < 4.78 is 18.7. The number of benzene rings is 1. The molecule has 1 aromatic carbocycles. The fourth-order valence-corrected chi connectivity index (χ4v) is 2.81. The molecule has 1 unspecified atom stereocenters. The molecule has 8 heteroatoms. The predicted octanol–water partition coefficient (Wildman–Crippen LogP) is 2.94. The van der Waals surface area contributed by atoms with Crippen LogP contribution in [0.1, 0.15) is 31.4 Å². The highest BCUT2D eigenvalue weighted by Crippen LogP contribution is 2.29. The van der Waals surface area contributed by atoms with Gasteiger partial charge in [0.25, 0.3) is 0 Å². The smallest absolute Gasteiger partial charge is 0.332 e. The average Bonchev–Trinajstić information content (AvgIpc) is 2.92. The molecule has 1 heterocycles. The summed E-state index contributed by atoms with van der Waals surface area (Å²) in [4.78, 5) is 22.9. The average molecular weight is 350 g/mol. The number of nitrogens with one attached hydrogen (secondary N) is 1. The van der Waals surface area contributed by atoms with Gasteiger partial charge in [-0.15, -0.1) is 0 Å². The lowest BCUT2D eigenvalue weighted by atomic mass is 10.1. The molecule has 5 nitrogen and oxygen atoms in total. The van der Waals surface area contributed by atoms with Gasteiger partial charge in [-0.3, -0.25) is 4.79 Å². The Balaban J connectivity index is 2.03. The molecule has 0 spiro atoms. The number of amides is 1. The lowest BCUT2D eigenvalue weighted by Gasteiger charge is -2.19. The van der Waals surface area contributed by atoms with Crippen molar-refractivity contribution in [3.8, 4) is 0 Å². The van der Waals surface area contributed by atoms with Crippen molar-refractivity contribution >= 4 is 35.1 Å². The van der Waals surface area contributed by atoms with E-state index in [-0.39, 0.29) is 16.5 Å². The molecule has 1 aromatic rings. The molecule has 1 amide bonds. The molecule has 0 saturated carbocycles. The molecule has 22 heavy (non-hydrogen) atoms. The molecule has 120 valence electrons. The second-order valence-electron chi connectivity index (χ2n) is 5.05. The molecular formula is C14H14Cl2FNO4. The number of ether oxygens (including phenoxy) is 1. The van der Waals surface area contributed by atoms with Crippen LogP contribution in [0.5, 0.6) is 0 Å². The highest BCUT2D eigenvalue weighted by molar-refractivity contribution is 6.35. The van der Waals surface area contributed by atoms with E-state index in [4.69, 9.17) is 33.0 Å². The minimum Gasteiger partial charge on any atom is -0.479 e. The Morgan fingerprint density at radius 3 is 2.55 bits per heavy atom. The minimum atomic E-state index is -1.09. The van der Waals surface area contributed by atoms with E-state index in [1.54, 1.807) is 6.92 Å². The molecule has 0 aliphatic carbocycles. The van der Waals surface area contributed by atoms with Crippen LogP contribution < -0.4 is 5.32 Å². The van der Waals surface area contributed by atoms with Gasteiger partial charge in [-0.25, -0.2) is 9.18 Å². The molecule has 1 saturated heterocycles. The van der Waals surface area contributed by atoms with Crippen LogP contribution in [0.4, 0.5) is 4.39 Å². The number of carboxylic acids is 1. The van der Waals surface area contributed by atoms with Crippen molar-refractivity contribution < 1.29 is 23.8 Å². The summed E-state index contributed by atoms with van der Waals surface area (Å²) in [5.74, 6) is -2.18. The quantitative estimate of drug-likeness (QED) is 0.819. The maximum absolute atomic E-state index is 13.5. The number of rotatable bonds is 4. The van der Waals surface area contributed by atoms with Gasteiger partial charge < -0.3 is 15.2 Å². The molecule has 2 rings (SSSR count). The van der Waals surface area contributed by atoms with E-state index in [1.807, 2.05) is 0 Å². The van der Waals surface area contributed by atoms with Crippen LogP contribution in [0.3, 0.4) is 0 Å². The Hall–Kier alpha value is -1.37. The van der Waals surface area contributed by atoms with Gasteiger partial charge in [0.1, 0.15) is 11.9 Å². The zero-order valence-corrected chi connectivity index (χ0v) is 13.1. The number of carbonyl (C=O) groups excluding carboxylic acids is 1. The predicted molar refractivity (Wildman–Crippen MR) is 78.5 cm³/mol. The largest absolute Gasteiger partial charge is 0.479 e. The zero-order valence-electron chi connectivity index (χ0n) is 11.6. The van der Waals surface area contributed by atoms with E-state index in [2.05, 4.69) is 5.32 Å². The number of hydrogen-bond donors (Lipinski definition) is 2. The van der Waals surface area contributed by atoms with Crippen LogP contribution in [0.25, 0.3) is 0 Å². The van der Waals surface area contributed by atoms with Crippen LogP contribution >= 0.6 is 23.2 Å². The van der Waals surface area contributed by atoms with Gasteiger partial charge in [0.15, 0.2) is 6.10 Å². The van der Waals surface area contributed by atoms with E-state index < -0.39 is 35.9 Å². The Morgan fingerprint density at radius 1 is 1.32 bits per heavy atom. The molecular weight excluding hydrogens is 336 g/mol. The van der Waals surface area contributed by atoms with Gasteiger partial charge in [-0.1, -0.05) is 23.2 Å². The molecule has 0 radical (unpaired) electrons. The molecule has 2 N–H and O–H groups in total. The number of carboxylic acid groups (broad SMARTS) is 1.